The molecule has 3 aromatic rings. The Labute approximate surface area is 214 Å². The summed E-state index contributed by atoms with van der Waals surface area (Å²) in [5.41, 5.74) is 2.94. The number of hydrogen-bond acceptors (Lipinski definition) is 7. The lowest BCUT2D eigenvalue weighted by Gasteiger charge is -2.22. The molecule has 0 radical (unpaired) electrons. The highest BCUT2D eigenvalue weighted by molar-refractivity contribution is 7.99. The molecule has 2 aromatic carbocycles. The Balaban J connectivity index is 1.74. The highest BCUT2D eigenvalue weighted by Gasteiger charge is 2.26. The summed E-state index contributed by atoms with van der Waals surface area (Å²) in [5, 5.41) is 26.1. The molecular formula is C25H30N6O4S. The second-order valence-corrected chi connectivity index (χ2v) is 9.61. The molecule has 3 rings (SSSR count). The molecule has 2 N–H and O–H groups in total. The van der Waals surface area contributed by atoms with Gasteiger partial charge in [0.15, 0.2) is 11.0 Å². The zero-order valence-electron chi connectivity index (χ0n) is 20.9. The fraction of sp³-hybridized carbons (Fsp3) is 0.360. The van der Waals surface area contributed by atoms with E-state index in [4.69, 9.17) is 0 Å². The van der Waals surface area contributed by atoms with Gasteiger partial charge in [-0.05, 0) is 49.9 Å². The average molecular weight is 511 g/mol. The molecule has 0 bridgehead atoms. The highest BCUT2D eigenvalue weighted by Crippen LogP contribution is 2.26. The van der Waals surface area contributed by atoms with E-state index in [1.165, 1.54) is 36.0 Å². The molecule has 0 fully saturated rings. The Kier molecular flexibility index (Phi) is 8.81. The molecule has 36 heavy (non-hydrogen) atoms. The Bertz CT molecular complexity index is 1270. The minimum Gasteiger partial charge on any atom is -0.342 e. The number of carbonyl (C=O) groups excluding carboxylic acids is 2. The summed E-state index contributed by atoms with van der Waals surface area (Å²) in [5.74, 6) is 0.0829. The Hall–Kier alpha value is -3.73. The molecule has 2 amide bonds. The first-order valence-corrected chi connectivity index (χ1v) is 12.6. The third-order valence-corrected chi connectivity index (χ3v) is 6.79. The molecular weight excluding hydrogens is 480 g/mol. The number of nitrogens with one attached hydrogen (secondary N) is 2. The van der Waals surface area contributed by atoms with E-state index in [1.807, 2.05) is 57.4 Å². The van der Waals surface area contributed by atoms with Crippen molar-refractivity contribution in [3.8, 4) is 0 Å². The van der Waals surface area contributed by atoms with E-state index in [1.54, 1.807) is 0 Å². The number of aromatic nitrogens is 3. The largest absolute Gasteiger partial charge is 0.342 e. The lowest BCUT2D eigenvalue weighted by atomic mass is 10.0. The number of carbonyl (C=O) groups is 2. The topological polar surface area (TPSA) is 132 Å². The van der Waals surface area contributed by atoms with Crippen LogP contribution in [-0.4, -0.2) is 37.3 Å². The predicted octanol–water partition coefficient (Wildman–Crippen LogP) is 4.68. The number of nitro groups is 1. The molecule has 1 heterocycles. The SMILES string of the molecule is CCn1c(SCC(=O)Nc2cccc(C)c2C)nnc1[C@H](NC(=O)c1cccc([N+](=O)[O-])c1)C(C)C. The summed E-state index contributed by atoms with van der Waals surface area (Å²) in [7, 11) is 0. The van der Waals surface area contributed by atoms with Crippen molar-refractivity contribution in [2.45, 2.75) is 52.4 Å². The van der Waals surface area contributed by atoms with Crippen LogP contribution in [0.4, 0.5) is 11.4 Å². The van der Waals surface area contributed by atoms with E-state index in [2.05, 4.69) is 20.8 Å². The number of aryl methyl sites for hydroxylation is 1. The van der Waals surface area contributed by atoms with Crippen molar-refractivity contribution in [3.63, 3.8) is 0 Å². The monoisotopic (exact) mass is 510 g/mol. The standard InChI is InChI=1S/C25H30N6O4S/c1-6-30-23(22(15(2)3)27-24(33)18-10-8-11-19(13-18)31(34)35)28-29-25(30)36-14-21(32)26-20-12-7-9-16(4)17(20)5/h7-13,15,22H,6,14H2,1-5H3,(H,26,32)(H,27,33)/t22-/m1/s1. The third-order valence-electron chi connectivity index (χ3n) is 5.82. The zero-order valence-corrected chi connectivity index (χ0v) is 21.8. The first-order chi connectivity index (χ1) is 17.1. The molecule has 11 heteroatoms. The number of thioether (sulfide) groups is 1. The van der Waals surface area contributed by atoms with Crippen molar-refractivity contribution in [1.82, 2.24) is 20.1 Å². The van der Waals surface area contributed by atoms with E-state index in [0.29, 0.717) is 17.5 Å². The summed E-state index contributed by atoms with van der Waals surface area (Å²) in [6.45, 7) is 10.3. The normalized spacial score (nSPS) is 11.8. The van der Waals surface area contributed by atoms with Gasteiger partial charge in [0.1, 0.15) is 0 Å². The lowest BCUT2D eigenvalue weighted by molar-refractivity contribution is -0.384. The van der Waals surface area contributed by atoms with Gasteiger partial charge in [-0.3, -0.25) is 19.7 Å². The average Bonchev–Trinajstić information content (AvgIpc) is 3.26. The summed E-state index contributed by atoms with van der Waals surface area (Å²) in [4.78, 5) is 36.0. The quantitative estimate of drug-likeness (QED) is 0.230. The molecule has 190 valence electrons. The number of anilines is 1. The van der Waals surface area contributed by atoms with Gasteiger partial charge in [-0.25, -0.2) is 0 Å². The second-order valence-electron chi connectivity index (χ2n) is 8.67. The number of non-ortho nitro benzene ring substituents is 1. The Morgan fingerprint density at radius 3 is 2.53 bits per heavy atom. The molecule has 0 aliphatic rings. The smallest absolute Gasteiger partial charge is 0.270 e. The maximum absolute atomic E-state index is 12.9. The zero-order chi connectivity index (χ0) is 26.4. The van der Waals surface area contributed by atoms with Crippen molar-refractivity contribution >= 4 is 35.0 Å². The maximum atomic E-state index is 12.9. The number of hydrogen-bond donors (Lipinski definition) is 2. The fourth-order valence-corrected chi connectivity index (χ4v) is 4.46. The predicted molar refractivity (Wildman–Crippen MR) is 139 cm³/mol. The van der Waals surface area contributed by atoms with Crippen molar-refractivity contribution in [2.75, 3.05) is 11.1 Å². The van der Waals surface area contributed by atoms with Gasteiger partial charge in [0.05, 0.1) is 16.7 Å². The van der Waals surface area contributed by atoms with Crippen LogP contribution in [0, 0.1) is 29.9 Å². The first kappa shape index (κ1) is 26.9. The van der Waals surface area contributed by atoms with Crippen LogP contribution in [0.25, 0.3) is 0 Å². The first-order valence-electron chi connectivity index (χ1n) is 11.6. The van der Waals surface area contributed by atoms with Gasteiger partial charge in [0, 0.05) is 29.9 Å². The molecule has 0 unspecified atom stereocenters. The van der Waals surface area contributed by atoms with Crippen molar-refractivity contribution in [3.05, 3.63) is 75.1 Å². The van der Waals surface area contributed by atoms with E-state index in [-0.39, 0.29) is 28.8 Å². The molecule has 0 aliphatic heterocycles. The molecule has 10 nitrogen and oxygen atoms in total. The Morgan fingerprint density at radius 1 is 1.14 bits per heavy atom. The number of benzene rings is 2. The maximum Gasteiger partial charge on any atom is 0.270 e. The minimum absolute atomic E-state index is 0.0346. The van der Waals surface area contributed by atoms with Gasteiger partial charge >= 0.3 is 0 Å². The van der Waals surface area contributed by atoms with Crippen LogP contribution in [0.2, 0.25) is 0 Å². The highest BCUT2D eigenvalue weighted by atomic mass is 32.2. The number of nitrogens with zero attached hydrogens (tertiary/aromatic N) is 4. The van der Waals surface area contributed by atoms with Gasteiger partial charge < -0.3 is 15.2 Å². The van der Waals surface area contributed by atoms with E-state index in [9.17, 15) is 19.7 Å². The molecule has 1 aromatic heterocycles. The summed E-state index contributed by atoms with van der Waals surface area (Å²) in [6.07, 6.45) is 0. The van der Waals surface area contributed by atoms with E-state index >= 15 is 0 Å². The van der Waals surface area contributed by atoms with Crippen LogP contribution < -0.4 is 10.6 Å². The van der Waals surface area contributed by atoms with Gasteiger partial charge in [0.2, 0.25) is 5.91 Å². The van der Waals surface area contributed by atoms with Crippen molar-refractivity contribution in [2.24, 2.45) is 5.92 Å². The number of amides is 2. The fourth-order valence-electron chi connectivity index (χ4n) is 3.65. The molecule has 0 saturated heterocycles. The van der Waals surface area contributed by atoms with Gasteiger partial charge in [-0.1, -0.05) is 43.8 Å². The summed E-state index contributed by atoms with van der Waals surface area (Å²) >= 11 is 1.27. The summed E-state index contributed by atoms with van der Waals surface area (Å²) < 4.78 is 1.87. The van der Waals surface area contributed by atoms with Gasteiger partial charge in [-0.15, -0.1) is 10.2 Å². The van der Waals surface area contributed by atoms with Gasteiger partial charge in [0.25, 0.3) is 11.6 Å². The van der Waals surface area contributed by atoms with Gasteiger partial charge in [-0.2, -0.15) is 0 Å². The number of nitro benzene ring substituents is 1. The molecule has 0 aliphatic carbocycles. The van der Waals surface area contributed by atoms with Crippen LogP contribution in [0.15, 0.2) is 47.6 Å². The van der Waals surface area contributed by atoms with Crippen LogP contribution in [0.1, 0.15) is 54.1 Å². The van der Waals surface area contributed by atoms with Crippen molar-refractivity contribution in [1.29, 1.82) is 0 Å². The number of rotatable bonds is 10. The summed E-state index contributed by atoms with van der Waals surface area (Å²) in [6, 6.07) is 10.9. The van der Waals surface area contributed by atoms with Crippen LogP contribution >= 0.6 is 11.8 Å². The minimum atomic E-state index is -0.537. The molecule has 0 spiro atoms. The second kappa shape index (κ2) is 11.8. The van der Waals surface area contributed by atoms with E-state index < -0.39 is 16.9 Å². The third kappa shape index (κ3) is 6.28. The van der Waals surface area contributed by atoms with E-state index in [0.717, 1.165) is 16.8 Å². The Morgan fingerprint density at radius 2 is 1.86 bits per heavy atom. The van der Waals surface area contributed by atoms with Crippen LogP contribution in [0.3, 0.4) is 0 Å². The van der Waals surface area contributed by atoms with Crippen LogP contribution in [0.5, 0.6) is 0 Å². The lowest BCUT2D eigenvalue weighted by Crippen LogP contribution is -2.33. The van der Waals surface area contributed by atoms with Crippen LogP contribution in [-0.2, 0) is 11.3 Å². The molecule has 0 saturated carbocycles. The molecule has 1 atom stereocenters. The van der Waals surface area contributed by atoms with Crippen molar-refractivity contribution < 1.29 is 14.5 Å².